The molecule has 0 saturated carbocycles. The minimum atomic E-state index is -0.949. The lowest BCUT2D eigenvalue weighted by Gasteiger charge is -2.25. The predicted octanol–water partition coefficient (Wildman–Crippen LogP) is 8.72. The Labute approximate surface area is 297 Å². The van der Waals surface area contributed by atoms with Gasteiger partial charge in [-0.05, 0) is 81.8 Å². The Kier molecular flexibility index (Phi) is 10.0. The highest BCUT2D eigenvalue weighted by molar-refractivity contribution is 6.09. The van der Waals surface area contributed by atoms with Crippen LogP contribution < -0.4 is 10.6 Å². The van der Waals surface area contributed by atoms with Crippen molar-refractivity contribution in [2.75, 3.05) is 12.4 Å². The van der Waals surface area contributed by atoms with Crippen molar-refractivity contribution in [2.24, 2.45) is 0 Å². The van der Waals surface area contributed by atoms with Crippen LogP contribution in [0.1, 0.15) is 64.2 Å². The van der Waals surface area contributed by atoms with Crippen LogP contribution in [0.15, 0.2) is 133 Å². The summed E-state index contributed by atoms with van der Waals surface area (Å²) in [6.45, 7) is 6.74. The van der Waals surface area contributed by atoms with Crippen LogP contribution in [0.5, 0.6) is 0 Å². The van der Waals surface area contributed by atoms with Crippen LogP contribution in [0.2, 0.25) is 0 Å². The quantitative estimate of drug-likeness (QED) is 0.160. The van der Waals surface area contributed by atoms with E-state index in [1.54, 1.807) is 67.7 Å². The van der Waals surface area contributed by atoms with Gasteiger partial charge < -0.3 is 15.5 Å². The standard InChI is InChI=1S/C43H39FN4O3/c1-43(2,3)33-20-16-29(17-21-33)35-12-8-9-13-36(35)41(50)46-38-25-19-31-26-32(18-24-37(31)45-38)40(49)47-39(30-10-6-5-7-11-30)42(51)48(4)27-28-14-22-34(44)23-15-28/h5-26,39H,27H2,1-4H3,(H,47,49)(H,45,46,50). The Hall–Kier alpha value is -6.15. The molecule has 0 radical (unpaired) electrons. The van der Waals surface area contributed by atoms with E-state index in [1.165, 1.54) is 22.6 Å². The number of rotatable bonds is 9. The van der Waals surface area contributed by atoms with Gasteiger partial charge in [0, 0.05) is 30.1 Å². The molecular weight excluding hydrogens is 639 g/mol. The molecular formula is C43H39FN4O3. The molecule has 256 valence electrons. The summed E-state index contributed by atoms with van der Waals surface area (Å²) >= 11 is 0. The average Bonchev–Trinajstić information content (AvgIpc) is 3.14. The molecule has 7 nitrogen and oxygen atoms in total. The van der Waals surface area contributed by atoms with Crippen molar-refractivity contribution in [1.29, 1.82) is 0 Å². The molecule has 3 amide bonds. The van der Waals surface area contributed by atoms with Crippen molar-refractivity contribution in [2.45, 2.75) is 38.8 Å². The summed E-state index contributed by atoms with van der Waals surface area (Å²) in [6, 6.07) is 38.3. The highest BCUT2D eigenvalue weighted by Gasteiger charge is 2.26. The summed E-state index contributed by atoms with van der Waals surface area (Å²) < 4.78 is 13.4. The van der Waals surface area contributed by atoms with Crippen molar-refractivity contribution in [3.8, 4) is 11.1 Å². The second kappa shape index (κ2) is 14.8. The minimum absolute atomic E-state index is 0.0233. The molecule has 51 heavy (non-hydrogen) atoms. The lowest BCUT2D eigenvalue weighted by Crippen LogP contribution is -2.41. The van der Waals surface area contributed by atoms with Crippen molar-refractivity contribution >= 4 is 34.4 Å². The Bertz CT molecular complexity index is 2190. The molecule has 0 aliphatic heterocycles. The molecule has 6 aromatic rings. The van der Waals surface area contributed by atoms with Gasteiger partial charge in [-0.3, -0.25) is 14.4 Å². The Morgan fingerprint density at radius 1 is 0.765 bits per heavy atom. The normalized spacial score (nSPS) is 11.9. The first-order valence-electron chi connectivity index (χ1n) is 16.7. The van der Waals surface area contributed by atoms with Crippen LogP contribution in [0.3, 0.4) is 0 Å². The van der Waals surface area contributed by atoms with E-state index in [0.29, 0.717) is 33.4 Å². The topological polar surface area (TPSA) is 91.4 Å². The lowest BCUT2D eigenvalue weighted by molar-refractivity contribution is -0.132. The van der Waals surface area contributed by atoms with E-state index in [4.69, 9.17) is 0 Å². The molecule has 5 aromatic carbocycles. The highest BCUT2D eigenvalue weighted by atomic mass is 19.1. The van der Waals surface area contributed by atoms with Crippen LogP contribution in [0, 0.1) is 5.82 Å². The van der Waals surface area contributed by atoms with Gasteiger partial charge in [0.1, 0.15) is 17.7 Å². The summed E-state index contributed by atoms with van der Waals surface area (Å²) in [5.41, 5.74) is 5.86. The van der Waals surface area contributed by atoms with Gasteiger partial charge in [0.2, 0.25) is 5.91 Å². The van der Waals surface area contributed by atoms with Gasteiger partial charge in [0.25, 0.3) is 11.8 Å². The average molecular weight is 679 g/mol. The van der Waals surface area contributed by atoms with Gasteiger partial charge in [0.05, 0.1) is 5.52 Å². The second-order valence-electron chi connectivity index (χ2n) is 13.6. The molecule has 0 aliphatic rings. The molecule has 8 heteroatoms. The third-order valence-corrected chi connectivity index (χ3v) is 8.79. The molecule has 0 spiro atoms. The third-order valence-electron chi connectivity index (χ3n) is 8.79. The monoisotopic (exact) mass is 678 g/mol. The van der Waals surface area contributed by atoms with Crippen LogP contribution >= 0.6 is 0 Å². The van der Waals surface area contributed by atoms with E-state index in [2.05, 4.69) is 48.5 Å². The number of hydrogen-bond acceptors (Lipinski definition) is 4. The van der Waals surface area contributed by atoms with E-state index in [1.807, 2.05) is 48.5 Å². The number of amides is 3. The summed E-state index contributed by atoms with van der Waals surface area (Å²) in [5.74, 6) is -1.01. The molecule has 1 heterocycles. The smallest absolute Gasteiger partial charge is 0.257 e. The van der Waals surface area contributed by atoms with E-state index >= 15 is 0 Å². The summed E-state index contributed by atoms with van der Waals surface area (Å²) in [6.07, 6.45) is 0. The first-order chi connectivity index (χ1) is 24.5. The van der Waals surface area contributed by atoms with E-state index in [0.717, 1.165) is 16.7 Å². The number of nitrogens with one attached hydrogen (secondary N) is 2. The predicted molar refractivity (Wildman–Crippen MR) is 200 cm³/mol. The summed E-state index contributed by atoms with van der Waals surface area (Å²) in [4.78, 5) is 46.9. The van der Waals surface area contributed by atoms with Crippen molar-refractivity contribution in [1.82, 2.24) is 15.2 Å². The number of halogens is 1. The van der Waals surface area contributed by atoms with Gasteiger partial charge >= 0.3 is 0 Å². The molecule has 0 bridgehead atoms. The van der Waals surface area contributed by atoms with E-state index in [9.17, 15) is 18.8 Å². The number of pyridine rings is 1. The van der Waals surface area contributed by atoms with Crippen LogP contribution in [-0.2, 0) is 16.8 Å². The van der Waals surface area contributed by atoms with Gasteiger partial charge in [-0.1, -0.05) is 106 Å². The van der Waals surface area contributed by atoms with Crippen LogP contribution in [0.4, 0.5) is 10.2 Å². The zero-order valence-corrected chi connectivity index (χ0v) is 29.0. The number of hydrogen-bond donors (Lipinski definition) is 2. The number of benzene rings is 5. The maximum atomic E-state index is 13.7. The first-order valence-corrected chi connectivity index (χ1v) is 16.7. The van der Waals surface area contributed by atoms with Crippen LogP contribution in [-0.4, -0.2) is 34.7 Å². The van der Waals surface area contributed by atoms with Crippen molar-refractivity contribution in [3.05, 3.63) is 167 Å². The zero-order chi connectivity index (χ0) is 36.1. The minimum Gasteiger partial charge on any atom is -0.339 e. The second-order valence-corrected chi connectivity index (χ2v) is 13.6. The molecule has 2 N–H and O–H groups in total. The third kappa shape index (κ3) is 8.19. The molecule has 0 saturated heterocycles. The number of carbonyl (C=O) groups is 3. The first kappa shape index (κ1) is 34.7. The highest BCUT2D eigenvalue weighted by Crippen LogP contribution is 2.29. The lowest BCUT2D eigenvalue weighted by atomic mass is 9.86. The molecule has 6 rings (SSSR count). The number of carbonyl (C=O) groups excluding carboxylic acids is 3. The molecule has 0 fully saturated rings. The zero-order valence-electron chi connectivity index (χ0n) is 29.0. The van der Waals surface area contributed by atoms with Gasteiger partial charge in [-0.2, -0.15) is 0 Å². The molecule has 1 unspecified atom stereocenters. The number of nitrogens with zero attached hydrogens (tertiary/aromatic N) is 2. The Balaban J connectivity index is 1.18. The van der Waals surface area contributed by atoms with Gasteiger partial charge in [-0.25, -0.2) is 9.37 Å². The Morgan fingerprint density at radius 2 is 1.45 bits per heavy atom. The number of aromatic nitrogens is 1. The Morgan fingerprint density at radius 3 is 2.16 bits per heavy atom. The van der Waals surface area contributed by atoms with E-state index in [-0.39, 0.29) is 29.6 Å². The maximum absolute atomic E-state index is 13.7. The molecule has 1 aromatic heterocycles. The SMILES string of the molecule is CN(Cc1ccc(F)cc1)C(=O)C(NC(=O)c1ccc2nc(NC(=O)c3ccccc3-c3ccc(C(C)(C)C)cc3)ccc2c1)c1ccccc1. The van der Waals surface area contributed by atoms with E-state index < -0.39 is 11.9 Å². The van der Waals surface area contributed by atoms with Crippen LogP contribution in [0.25, 0.3) is 22.0 Å². The maximum Gasteiger partial charge on any atom is 0.257 e. The van der Waals surface area contributed by atoms with Crippen molar-refractivity contribution in [3.63, 3.8) is 0 Å². The summed E-state index contributed by atoms with van der Waals surface area (Å²) in [7, 11) is 1.65. The fraction of sp³-hybridized carbons (Fsp3) is 0.163. The van der Waals surface area contributed by atoms with Crippen molar-refractivity contribution < 1.29 is 18.8 Å². The largest absolute Gasteiger partial charge is 0.339 e. The van der Waals surface area contributed by atoms with Gasteiger partial charge in [-0.15, -0.1) is 0 Å². The number of fused-ring (bicyclic) bond motifs is 1. The number of likely N-dealkylation sites (N-methyl/N-ethyl adjacent to an activating group) is 1. The fourth-order valence-corrected chi connectivity index (χ4v) is 5.91. The molecule has 1 atom stereocenters. The van der Waals surface area contributed by atoms with Gasteiger partial charge in [0.15, 0.2) is 0 Å². The molecule has 0 aliphatic carbocycles. The summed E-state index contributed by atoms with van der Waals surface area (Å²) in [5, 5.41) is 6.53. The number of anilines is 1. The fourth-order valence-electron chi connectivity index (χ4n) is 5.91.